The summed E-state index contributed by atoms with van der Waals surface area (Å²) in [7, 11) is 0. The van der Waals surface area contributed by atoms with Gasteiger partial charge in [0.25, 0.3) is 0 Å². The summed E-state index contributed by atoms with van der Waals surface area (Å²) in [6, 6.07) is 0. The van der Waals surface area contributed by atoms with E-state index in [4.69, 9.17) is 4.74 Å². The van der Waals surface area contributed by atoms with E-state index in [0.29, 0.717) is 6.61 Å². The van der Waals surface area contributed by atoms with Gasteiger partial charge >= 0.3 is 5.97 Å². The van der Waals surface area contributed by atoms with Gasteiger partial charge in [0.05, 0.1) is 12.0 Å². The highest BCUT2D eigenvalue weighted by Crippen LogP contribution is 2.46. The van der Waals surface area contributed by atoms with Gasteiger partial charge in [0.1, 0.15) is 0 Å². The van der Waals surface area contributed by atoms with Crippen LogP contribution in [0.1, 0.15) is 39.0 Å². The van der Waals surface area contributed by atoms with Crippen molar-refractivity contribution in [3.8, 4) is 0 Å². The van der Waals surface area contributed by atoms with Gasteiger partial charge < -0.3 is 4.74 Å². The van der Waals surface area contributed by atoms with E-state index < -0.39 is 0 Å². The lowest BCUT2D eigenvalue weighted by molar-refractivity contribution is -0.161. The monoisotopic (exact) mass is 216 g/mol. The van der Waals surface area contributed by atoms with Crippen molar-refractivity contribution >= 4 is 17.7 Å². The van der Waals surface area contributed by atoms with E-state index >= 15 is 0 Å². The Bertz CT molecular complexity index is 188. The number of hydrogen-bond acceptors (Lipinski definition) is 3. The number of hydrogen-bond donors (Lipinski definition) is 0. The molecule has 0 heterocycles. The van der Waals surface area contributed by atoms with Gasteiger partial charge in [-0.1, -0.05) is 6.42 Å². The Labute approximate surface area is 90.8 Å². The maximum Gasteiger partial charge on any atom is 0.312 e. The molecule has 82 valence electrons. The van der Waals surface area contributed by atoms with Gasteiger partial charge in [-0.05, 0) is 44.6 Å². The molecule has 1 aliphatic carbocycles. The predicted molar refractivity (Wildman–Crippen MR) is 60.5 cm³/mol. The summed E-state index contributed by atoms with van der Waals surface area (Å²) in [6.45, 7) is 2.40. The zero-order valence-electron chi connectivity index (χ0n) is 9.17. The average molecular weight is 216 g/mol. The van der Waals surface area contributed by atoms with Gasteiger partial charge in [-0.15, -0.1) is 0 Å². The first-order chi connectivity index (χ1) is 6.75. The molecule has 0 spiro atoms. The van der Waals surface area contributed by atoms with Crippen LogP contribution in [0.3, 0.4) is 0 Å². The lowest BCUT2D eigenvalue weighted by Crippen LogP contribution is -2.39. The SMILES string of the molecule is CCOC(=O)C1(CCCSC)CCC1. The molecule has 0 aromatic carbocycles. The Morgan fingerprint density at radius 1 is 1.50 bits per heavy atom. The van der Waals surface area contributed by atoms with Crippen molar-refractivity contribution in [1.82, 2.24) is 0 Å². The first-order valence-corrected chi connectivity index (χ1v) is 6.81. The Morgan fingerprint density at radius 2 is 2.21 bits per heavy atom. The van der Waals surface area contributed by atoms with Crippen molar-refractivity contribution in [2.24, 2.45) is 5.41 Å². The van der Waals surface area contributed by atoms with Gasteiger partial charge in [0, 0.05) is 0 Å². The molecule has 2 nitrogen and oxygen atoms in total. The number of rotatable bonds is 6. The minimum Gasteiger partial charge on any atom is -0.466 e. The summed E-state index contributed by atoms with van der Waals surface area (Å²) in [5.74, 6) is 1.20. The Hall–Kier alpha value is -0.180. The Balaban J connectivity index is 2.36. The van der Waals surface area contributed by atoms with Crippen molar-refractivity contribution in [1.29, 1.82) is 0 Å². The molecule has 14 heavy (non-hydrogen) atoms. The second-order valence-corrected chi connectivity index (χ2v) is 4.94. The summed E-state index contributed by atoms with van der Waals surface area (Å²) in [6.07, 6.45) is 7.54. The highest BCUT2D eigenvalue weighted by atomic mass is 32.2. The minimum absolute atomic E-state index is 0.0485. The molecule has 0 atom stereocenters. The van der Waals surface area contributed by atoms with Crippen LogP contribution in [-0.2, 0) is 9.53 Å². The third-order valence-electron chi connectivity index (χ3n) is 3.02. The third kappa shape index (κ3) is 2.66. The van der Waals surface area contributed by atoms with Crippen LogP contribution in [0, 0.1) is 5.41 Å². The summed E-state index contributed by atoms with van der Waals surface area (Å²) >= 11 is 1.85. The molecular formula is C11H20O2S. The molecular weight excluding hydrogens is 196 g/mol. The first-order valence-electron chi connectivity index (χ1n) is 5.41. The molecule has 0 N–H and O–H groups in total. The average Bonchev–Trinajstić information content (AvgIpc) is 2.10. The summed E-state index contributed by atoms with van der Waals surface area (Å²) < 4.78 is 5.13. The van der Waals surface area contributed by atoms with E-state index in [2.05, 4.69) is 6.26 Å². The van der Waals surface area contributed by atoms with Crippen molar-refractivity contribution in [3.05, 3.63) is 0 Å². The molecule has 0 aliphatic heterocycles. The topological polar surface area (TPSA) is 26.3 Å². The largest absolute Gasteiger partial charge is 0.466 e. The summed E-state index contributed by atoms with van der Waals surface area (Å²) in [5, 5.41) is 0. The van der Waals surface area contributed by atoms with E-state index in [0.717, 1.165) is 31.4 Å². The third-order valence-corrected chi connectivity index (χ3v) is 3.72. The van der Waals surface area contributed by atoms with E-state index in [1.165, 1.54) is 6.42 Å². The van der Waals surface area contributed by atoms with Crippen LogP contribution in [0.15, 0.2) is 0 Å². The molecule has 0 aromatic rings. The van der Waals surface area contributed by atoms with Gasteiger partial charge in [-0.3, -0.25) is 4.79 Å². The second kappa shape index (κ2) is 5.64. The van der Waals surface area contributed by atoms with Crippen LogP contribution in [0.5, 0.6) is 0 Å². The quantitative estimate of drug-likeness (QED) is 0.504. The number of thioether (sulfide) groups is 1. The molecule has 0 saturated heterocycles. The van der Waals surface area contributed by atoms with E-state index in [1.807, 2.05) is 18.7 Å². The molecule has 3 heteroatoms. The molecule has 0 aromatic heterocycles. The van der Waals surface area contributed by atoms with Gasteiger partial charge in [0.15, 0.2) is 0 Å². The highest BCUT2D eigenvalue weighted by molar-refractivity contribution is 7.98. The van der Waals surface area contributed by atoms with Crippen molar-refractivity contribution in [3.63, 3.8) is 0 Å². The number of carbonyl (C=O) groups excluding carboxylic acids is 1. The lowest BCUT2D eigenvalue weighted by Gasteiger charge is -2.39. The Morgan fingerprint density at radius 3 is 2.64 bits per heavy atom. The maximum absolute atomic E-state index is 11.7. The predicted octanol–water partition coefficient (Wildman–Crippen LogP) is 2.86. The Kier molecular flexibility index (Phi) is 4.79. The number of carbonyl (C=O) groups is 1. The van der Waals surface area contributed by atoms with Crippen LogP contribution in [0.25, 0.3) is 0 Å². The van der Waals surface area contributed by atoms with Crippen molar-refractivity contribution in [2.75, 3.05) is 18.6 Å². The maximum atomic E-state index is 11.7. The molecule has 0 bridgehead atoms. The molecule has 0 radical (unpaired) electrons. The highest BCUT2D eigenvalue weighted by Gasteiger charge is 2.44. The van der Waals surface area contributed by atoms with Crippen LogP contribution in [0.2, 0.25) is 0 Å². The van der Waals surface area contributed by atoms with E-state index in [9.17, 15) is 4.79 Å². The van der Waals surface area contributed by atoms with E-state index in [1.54, 1.807) is 0 Å². The lowest BCUT2D eigenvalue weighted by atomic mass is 9.66. The molecule has 0 unspecified atom stereocenters. The molecule has 1 fully saturated rings. The van der Waals surface area contributed by atoms with E-state index in [-0.39, 0.29) is 11.4 Å². The smallest absolute Gasteiger partial charge is 0.312 e. The number of esters is 1. The standard InChI is InChI=1S/C11H20O2S/c1-3-13-10(12)11(6-4-7-11)8-5-9-14-2/h3-9H2,1-2H3. The van der Waals surface area contributed by atoms with Crippen LogP contribution in [0.4, 0.5) is 0 Å². The molecule has 1 aliphatic rings. The van der Waals surface area contributed by atoms with Gasteiger partial charge in [0.2, 0.25) is 0 Å². The molecule has 1 rings (SSSR count). The van der Waals surface area contributed by atoms with Crippen LogP contribution in [-0.4, -0.2) is 24.6 Å². The first kappa shape index (κ1) is 11.9. The van der Waals surface area contributed by atoms with Crippen LogP contribution >= 0.6 is 11.8 Å². The fourth-order valence-electron chi connectivity index (χ4n) is 2.00. The normalized spacial score (nSPS) is 18.7. The van der Waals surface area contributed by atoms with Crippen molar-refractivity contribution < 1.29 is 9.53 Å². The van der Waals surface area contributed by atoms with Gasteiger partial charge in [-0.2, -0.15) is 11.8 Å². The number of ether oxygens (including phenoxy) is 1. The molecule has 1 saturated carbocycles. The van der Waals surface area contributed by atoms with Crippen molar-refractivity contribution in [2.45, 2.75) is 39.0 Å². The minimum atomic E-state index is -0.0915. The fraction of sp³-hybridized carbons (Fsp3) is 0.909. The second-order valence-electron chi connectivity index (χ2n) is 3.95. The zero-order valence-corrected chi connectivity index (χ0v) is 9.99. The van der Waals surface area contributed by atoms with Gasteiger partial charge in [-0.25, -0.2) is 0 Å². The van der Waals surface area contributed by atoms with Crippen LogP contribution < -0.4 is 0 Å². The zero-order chi connectivity index (χ0) is 10.4. The fourth-order valence-corrected chi connectivity index (χ4v) is 2.43. The molecule has 0 amide bonds. The summed E-state index contributed by atoms with van der Waals surface area (Å²) in [4.78, 5) is 11.7. The summed E-state index contributed by atoms with van der Waals surface area (Å²) in [5.41, 5.74) is -0.0915.